The van der Waals surface area contributed by atoms with Crippen molar-refractivity contribution in [3.8, 4) is 0 Å². The maximum absolute atomic E-state index is 13.1. The molecule has 6 unspecified atom stereocenters. The Morgan fingerprint density at radius 2 is 0.880 bits per heavy atom. The third-order valence-corrected chi connectivity index (χ3v) is 11.7. The number of ether oxygens (including phenoxy) is 5. The van der Waals surface area contributed by atoms with E-state index in [9.17, 15) is 34.5 Å². The molecule has 12 nitrogen and oxygen atoms in total. The number of carboxylic acid groups (broad SMARTS) is 1. The van der Waals surface area contributed by atoms with Gasteiger partial charge in [0.05, 0.1) is 13.0 Å². The molecule has 0 aromatic rings. The second kappa shape index (κ2) is 49.7. The predicted octanol–water partition coefficient (Wildman–Crippen LogP) is 14.2. The zero-order chi connectivity index (χ0) is 54.7. The van der Waals surface area contributed by atoms with Gasteiger partial charge in [-0.05, 0) is 109 Å². The summed E-state index contributed by atoms with van der Waals surface area (Å²) in [7, 11) is 0. The number of aliphatic hydroxyl groups is 2. The molecule has 0 aromatic heterocycles. The summed E-state index contributed by atoms with van der Waals surface area (Å²) in [6, 6.07) is 0. The van der Waals surface area contributed by atoms with Crippen LogP contribution in [0.15, 0.2) is 134 Å². The molecule has 0 spiro atoms. The molecule has 0 radical (unpaired) electrons. The van der Waals surface area contributed by atoms with Gasteiger partial charge in [0, 0.05) is 12.8 Å². The van der Waals surface area contributed by atoms with Gasteiger partial charge in [-0.1, -0.05) is 193 Å². The minimum Gasteiger partial charge on any atom is -0.479 e. The van der Waals surface area contributed by atoms with E-state index < -0.39 is 67.3 Å². The lowest BCUT2D eigenvalue weighted by molar-refractivity contribution is -0.301. The average Bonchev–Trinajstić information content (AvgIpc) is 3.39. The molecule has 1 rings (SSSR count). The Labute approximate surface area is 451 Å². The Morgan fingerprint density at radius 3 is 1.37 bits per heavy atom. The number of allylic oxidation sites excluding steroid dienone is 21. The molecular formula is C63H96O12. The van der Waals surface area contributed by atoms with E-state index in [1.807, 2.05) is 12.2 Å². The zero-order valence-electron chi connectivity index (χ0n) is 46.0. The van der Waals surface area contributed by atoms with Gasteiger partial charge in [0.25, 0.3) is 0 Å². The van der Waals surface area contributed by atoms with E-state index in [0.29, 0.717) is 19.3 Å². The summed E-state index contributed by atoms with van der Waals surface area (Å²) < 4.78 is 28.2. The quantitative estimate of drug-likeness (QED) is 0.0228. The smallest absolute Gasteiger partial charge is 0.335 e. The van der Waals surface area contributed by atoms with Crippen molar-refractivity contribution >= 4 is 23.9 Å². The van der Waals surface area contributed by atoms with Crippen molar-refractivity contribution < 1.29 is 58.2 Å². The number of rotatable bonds is 45. The van der Waals surface area contributed by atoms with Crippen LogP contribution in [-0.2, 0) is 42.9 Å². The number of carbonyl (C=O) groups is 4. The fraction of sp³-hybridized carbons (Fsp3) is 0.587. The Hall–Kier alpha value is -5.14. The number of hydrogen-bond acceptors (Lipinski definition) is 11. The lowest BCUT2D eigenvalue weighted by atomic mass is 9.98. The summed E-state index contributed by atoms with van der Waals surface area (Å²) in [6.07, 6.45) is 57.4. The Balaban J connectivity index is 2.77. The van der Waals surface area contributed by atoms with Crippen molar-refractivity contribution in [1.82, 2.24) is 0 Å². The number of carboxylic acids is 1. The van der Waals surface area contributed by atoms with Gasteiger partial charge in [-0.15, -0.1) is 0 Å². The highest BCUT2D eigenvalue weighted by atomic mass is 16.7. The number of unbranched alkanes of at least 4 members (excludes halogenated alkanes) is 10. The molecule has 3 N–H and O–H groups in total. The average molecular weight is 1050 g/mol. The Bertz CT molecular complexity index is 1810. The van der Waals surface area contributed by atoms with Crippen LogP contribution in [-0.4, -0.2) is 89.2 Å². The molecule has 1 aliphatic heterocycles. The number of aliphatic hydroxyl groups excluding tert-OH is 2. The van der Waals surface area contributed by atoms with Crippen molar-refractivity contribution in [2.45, 2.75) is 225 Å². The molecular weight excluding hydrogens is 949 g/mol. The van der Waals surface area contributed by atoms with E-state index in [4.69, 9.17) is 23.7 Å². The molecule has 0 amide bonds. The summed E-state index contributed by atoms with van der Waals surface area (Å²) in [5.41, 5.74) is 0. The molecule has 0 aromatic carbocycles. The first-order valence-corrected chi connectivity index (χ1v) is 28.2. The first-order valence-electron chi connectivity index (χ1n) is 28.2. The topological polar surface area (TPSA) is 175 Å². The van der Waals surface area contributed by atoms with Crippen molar-refractivity contribution in [3.63, 3.8) is 0 Å². The van der Waals surface area contributed by atoms with E-state index in [1.165, 1.54) is 12.8 Å². The monoisotopic (exact) mass is 1040 g/mol. The van der Waals surface area contributed by atoms with E-state index in [-0.39, 0.29) is 25.9 Å². The lowest BCUT2D eigenvalue weighted by Crippen LogP contribution is -2.61. The van der Waals surface area contributed by atoms with Crippen LogP contribution in [0.3, 0.4) is 0 Å². The molecule has 1 fully saturated rings. The van der Waals surface area contributed by atoms with Gasteiger partial charge in [0.15, 0.2) is 24.6 Å². The van der Waals surface area contributed by atoms with E-state index in [0.717, 1.165) is 116 Å². The molecule has 1 saturated heterocycles. The van der Waals surface area contributed by atoms with Gasteiger partial charge in [0.1, 0.15) is 18.8 Å². The van der Waals surface area contributed by atoms with Gasteiger partial charge < -0.3 is 39.0 Å². The third kappa shape index (κ3) is 39.9. The predicted molar refractivity (Wildman–Crippen MR) is 303 cm³/mol. The number of aliphatic carboxylic acids is 1. The fourth-order valence-electron chi connectivity index (χ4n) is 7.45. The van der Waals surface area contributed by atoms with Crippen LogP contribution >= 0.6 is 0 Å². The second-order valence-corrected chi connectivity index (χ2v) is 18.5. The maximum Gasteiger partial charge on any atom is 0.335 e. The molecule has 75 heavy (non-hydrogen) atoms. The molecule has 1 aliphatic rings. The second-order valence-electron chi connectivity index (χ2n) is 18.5. The SMILES string of the molecule is CC/C=C\C/C=C\C/C=C\C/C=C\C/C=C\CCCCCC(=O)OC1C(OCC(COC(=O)C/C=C/C/C=C\C/C=C\C/C=C\C/C=C\CC)OC(=O)CCCCCCC/C=C\CCCC)OC(C(=O)O)C(O)C1O. The van der Waals surface area contributed by atoms with Gasteiger partial charge in [-0.25, -0.2) is 4.79 Å². The Kier molecular flexibility index (Phi) is 45.0. The minimum absolute atomic E-state index is 0.00420. The van der Waals surface area contributed by atoms with E-state index in [2.05, 4.69) is 136 Å². The zero-order valence-corrected chi connectivity index (χ0v) is 46.0. The summed E-state index contributed by atoms with van der Waals surface area (Å²) in [6.45, 7) is 5.58. The van der Waals surface area contributed by atoms with Crippen LogP contribution in [0.4, 0.5) is 0 Å². The molecule has 12 heteroatoms. The first-order chi connectivity index (χ1) is 36.6. The van der Waals surface area contributed by atoms with Crippen molar-refractivity contribution in [2.75, 3.05) is 13.2 Å². The largest absolute Gasteiger partial charge is 0.479 e. The lowest BCUT2D eigenvalue weighted by Gasteiger charge is -2.40. The summed E-state index contributed by atoms with van der Waals surface area (Å²) in [5, 5.41) is 31.4. The van der Waals surface area contributed by atoms with Crippen molar-refractivity contribution in [2.24, 2.45) is 0 Å². The number of carbonyl (C=O) groups excluding carboxylic acids is 3. The standard InChI is InChI=1S/C63H96O12/c1-4-7-10-13-16-19-22-24-26-27-28-29-31-33-36-39-42-45-48-51-57(66)74-61-59(68)58(67)60(62(69)70)75-63(61)72-53-54(73-56(65)50-47-44-41-38-34-21-18-15-12-9-6-3)52-71-55(64)49-46-43-40-37-35-32-30-25-23-20-17-14-11-8-5-2/h7-8,10-11,15-20,24-26,28-30,33,35-37,43,46,54,58-61,63,67-68H,4-6,9,12-14,21-23,27,31-32,34,38-42,44-45,47-53H2,1-3H3,(H,69,70)/b10-7-,11-8-,18-15-,19-16-,20-17-,26-24-,29-28-,30-25-,36-33-,37-35-,46-43+. The molecule has 1 heterocycles. The maximum atomic E-state index is 13.1. The third-order valence-electron chi connectivity index (χ3n) is 11.7. The highest BCUT2D eigenvalue weighted by Crippen LogP contribution is 2.26. The van der Waals surface area contributed by atoms with E-state index in [1.54, 1.807) is 6.08 Å². The van der Waals surface area contributed by atoms with Crippen LogP contribution in [0.25, 0.3) is 0 Å². The fourth-order valence-corrected chi connectivity index (χ4v) is 7.45. The Morgan fingerprint density at radius 1 is 0.467 bits per heavy atom. The van der Waals surface area contributed by atoms with Gasteiger partial charge in [-0.3, -0.25) is 14.4 Å². The van der Waals surface area contributed by atoms with Gasteiger partial charge in [0.2, 0.25) is 0 Å². The summed E-state index contributed by atoms with van der Waals surface area (Å²) in [4.78, 5) is 50.9. The first kappa shape index (κ1) is 67.9. The molecule has 0 aliphatic carbocycles. The van der Waals surface area contributed by atoms with Crippen LogP contribution in [0.2, 0.25) is 0 Å². The highest BCUT2D eigenvalue weighted by molar-refractivity contribution is 5.74. The van der Waals surface area contributed by atoms with Gasteiger partial charge >= 0.3 is 23.9 Å². The highest BCUT2D eigenvalue weighted by Gasteiger charge is 2.50. The van der Waals surface area contributed by atoms with Crippen LogP contribution in [0.1, 0.15) is 188 Å². The van der Waals surface area contributed by atoms with Crippen LogP contribution < -0.4 is 0 Å². The molecule has 6 atom stereocenters. The van der Waals surface area contributed by atoms with Crippen molar-refractivity contribution in [3.05, 3.63) is 134 Å². The summed E-state index contributed by atoms with van der Waals surface area (Å²) in [5.74, 6) is -3.37. The van der Waals surface area contributed by atoms with E-state index >= 15 is 0 Å². The normalized spacial score (nSPS) is 19.2. The summed E-state index contributed by atoms with van der Waals surface area (Å²) >= 11 is 0. The molecule has 0 saturated carbocycles. The number of hydrogen-bond donors (Lipinski definition) is 3. The minimum atomic E-state index is -1.93. The molecule has 0 bridgehead atoms. The van der Waals surface area contributed by atoms with Gasteiger partial charge in [-0.2, -0.15) is 0 Å². The van der Waals surface area contributed by atoms with Crippen molar-refractivity contribution in [1.29, 1.82) is 0 Å². The van der Waals surface area contributed by atoms with Crippen LogP contribution in [0, 0.1) is 0 Å². The van der Waals surface area contributed by atoms with Crippen LogP contribution in [0.5, 0.6) is 0 Å². The number of esters is 3. The molecule has 420 valence electrons.